The Kier molecular flexibility index (Phi) is 6.02. The lowest BCUT2D eigenvalue weighted by Gasteiger charge is -2.15. The Morgan fingerprint density at radius 2 is 2.19 bits per heavy atom. The number of ether oxygens (including phenoxy) is 1. The van der Waals surface area contributed by atoms with Crippen LogP contribution in [-0.2, 0) is 11.3 Å². The van der Waals surface area contributed by atoms with Gasteiger partial charge in [-0.15, -0.1) is 11.3 Å². The first-order valence-corrected chi connectivity index (χ1v) is 8.75. The van der Waals surface area contributed by atoms with Gasteiger partial charge in [-0.1, -0.05) is 20.8 Å². The summed E-state index contributed by atoms with van der Waals surface area (Å²) in [6.07, 6.45) is 1.37. The summed E-state index contributed by atoms with van der Waals surface area (Å²) in [5.74, 6) is 2.24. The summed E-state index contributed by atoms with van der Waals surface area (Å²) >= 11 is 1.84. The maximum Gasteiger partial charge on any atom is 0.185 e. The number of methoxy groups -OCH3 is 1. The molecule has 0 spiro atoms. The maximum absolute atomic E-state index is 5.08. The molecule has 120 valence electrons. The fourth-order valence-electron chi connectivity index (χ4n) is 2.55. The smallest absolute Gasteiger partial charge is 0.185 e. The number of hydrogen-bond donors (Lipinski definition) is 1. The molecule has 21 heavy (non-hydrogen) atoms. The first kappa shape index (κ1) is 16.7. The van der Waals surface area contributed by atoms with Gasteiger partial charge in [0, 0.05) is 38.7 Å². The summed E-state index contributed by atoms with van der Waals surface area (Å²) in [5, 5.41) is 4.61. The van der Waals surface area contributed by atoms with Crippen LogP contribution in [0.5, 0.6) is 0 Å². The molecule has 1 saturated carbocycles. The van der Waals surface area contributed by atoms with E-state index in [4.69, 9.17) is 9.72 Å². The van der Waals surface area contributed by atoms with Crippen LogP contribution in [0.4, 0.5) is 5.13 Å². The Balaban J connectivity index is 1.98. The molecule has 1 fully saturated rings. The van der Waals surface area contributed by atoms with Gasteiger partial charge in [0.2, 0.25) is 0 Å². The van der Waals surface area contributed by atoms with Crippen LogP contribution in [0.2, 0.25) is 0 Å². The number of nitrogens with zero attached hydrogens (tertiary/aromatic N) is 2. The summed E-state index contributed by atoms with van der Waals surface area (Å²) in [4.78, 5) is 8.59. The van der Waals surface area contributed by atoms with E-state index in [0.29, 0.717) is 5.92 Å². The number of hydrogen-bond acceptors (Lipinski definition) is 5. The molecule has 0 radical (unpaired) electrons. The summed E-state index contributed by atoms with van der Waals surface area (Å²) in [7, 11) is 3.91. The largest absolute Gasteiger partial charge is 0.383 e. The second-order valence-electron chi connectivity index (χ2n) is 6.48. The summed E-state index contributed by atoms with van der Waals surface area (Å²) in [5.41, 5.74) is 1.25. The van der Waals surface area contributed by atoms with Crippen molar-refractivity contribution in [1.82, 2.24) is 10.3 Å². The van der Waals surface area contributed by atoms with Crippen molar-refractivity contribution in [2.45, 2.75) is 39.7 Å². The lowest BCUT2D eigenvalue weighted by molar-refractivity contribution is 0.199. The second kappa shape index (κ2) is 7.56. The molecule has 4 nitrogen and oxygen atoms in total. The van der Waals surface area contributed by atoms with Gasteiger partial charge in [-0.25, -0.2) is 4.98 Å². The minimum atomic E-state index is 0.475. The molecule has 1 N–H and O–H groups in total. The third kappa shape index (κ3) is 4.66. The Morgan fingerprint density at radius 1 is 1.48 bits per heavy atom. The van der Waals surface area contributed by atoms with Gasteiger partial charge in [0.25, 0.3) is 0 Å². The van der Waals surface area contributed by atoms with E-state index in [0.717, 1.165) is 38.1 Å². The second-order valence-corrected chi connectivity index (χ2v) is 7.54. The standard InChI is InChI=1S/C16H29N3OS/c1-11(2)15-14(9-17-6-7-20-5)21-16(18-15)19(4)10-13-8-12(13)3/h11-13,17H,6-10H2,1-5H3. The van der Waals surface area contributed by atoms with Gasteiger partial charge in [0.05, 0.1) is 12.3 Å². The average Bonchev–Trinajstić information content (AvgIpc) is 2.97. The molecule has 2 rings (SSSR count). The molecule has 1 aromatic rings. The van der Waals surface area contributed by atoms with Crippen LogP contribution in [0.1, 0.15) is 43.7 Å². The molecule has 2 unspecified atom stereocenters. The van der Waals surface area contributed by atoms with Gasteiger partial charge in [-0.05, 0) is 24.2 Å². The number of aromatic nitrogens is 1. The minimum Gasteiger partial charge on any atom is -0.383 e. The zero-order chi connectivity index (χ0) is 15.4. The highest BCUT2D eigenvalue weighted by atomic mass is 32.1. The predicted octanol–water partition coefficient (Wildman–Crippen LogP) is 3.09. The molecule has 0 saturated heterocycles. The Labute approximate surface area is 132 Å². The molecule has 2 atom stereocenters. The SMILES string of the molecule is COCCNCc1sc(N(C)CC2CC2C)nc1C(C)C. The van der Waals surface area contributed by atoms with E-state index >= 15 is 0 Å². The summed E-state index contributed by atoms with van der Waals surface area (Å²) in [6.45, 7) is 10.5. The van der Waals surface area contributed by atoms with Crippen molar-refractivity contribution in [3.63, 3.8) is 0 Å². The van der Waals surface area contributed by atoms with Crippen molar-refractivity contribution >= 4 is 16.5 Å². The normalized spacial score (nSPS) is 21.0. The lowest BCUT2D eigenvalue weighted by Crippen LogP contribution is -2.20. The van der Waals surface area contributed by atoms with Crippen molar-refractivity contribution in [2.24, 2.45) is 11.8 Å². The van der Waals surface area contributed by atoms with Crippen LogP contribution in [0.3, 0.4) is 0 Å². The zero-order valence-electron chi connectivity index (χ0n) is 14.0. The molecule has 0 amide bonds. The van der Waals surface area contributed by atoms with Crippen LogP contribution in [-0.4, -0.2) is 38.8 Å². The summed E-state index contributed by atoms with van der Waals surface area (Å²) in [6, 6.07) is 0. The van der Waals surface area contributed by atoms with Crippen LogP contribution in [0, 0.1) is 11.8 Å². The van der Waals surface area contributed by atoms with Crippen LogP contribution >= 0.6 is 11.3 Å². The molecule has 1 heterocycles. The van der Waals surface area contributed by atoms with Gasteiger partial charge in [0.15, 0.2) is 5.13 Å². The Hall–Kier alpha value is -0.650. The molecule has 0 aromatic carbocycles. The number of rotatable bonds is 9. The summed E-state index contributed by atoms with van der Waals surface area (Å²) < 4.78 is 5.08. The van der Waals surface area contributed by atoms with Crippen molar-refractivity contribution < 1.29 is 4.74 Å². The number of nitrogens with one attached hydrogen (secondary N) is 1. The van der Waals surface area contributed by atoms with E-state index in [9.17, 15) is 0 Å². The van der Waals surface area contributed by atoms with E-state index in [2.05, 4.69) is 38.0 Å². The monoisotopic (exact) mass is 311 g/mol. The van der Waals surface area contributed by atoms with Crippen molar-refractivity contribution in [3.8, 4) is 0 Å². The fraction of sp³-hybridized carbons (Fsp3) is 0.812. The third-order valence-corrected chi connectivity index (χ3v) is 5.33. The topological polar surface area (TPSA) is 37.4 Å². The molecule has 1 aliphatic rings. The maximum atomic E-state index is 5.08. The quantitative estimate of drug-likeness (QED) is 0.711. The molecule has 1 aromatic heterocycles. The highest BCUT2D eigenvalue weighted by molar-refractivity contribution is 7.15. The highest BCUT2D eigenvalue weighted by Crippen LogP contribution is 2.39. The predicted molar refractivity (Wildman–Crippen MR) is 90.3 cm³/mol. The van der Waals surface area contributed by atoms with Crippen LogP contribution in [0.15, 0.2) is 0 Å². The van der Waals surface area contributed by atoms with E-state index in [1.165, 1.54) is 22.1 Å². The highest BCUT2D eigenvalue weighted by Gasteiger charge is 2.33. The van der Waals surface area contributed by atoms with E-state index in [-0.39, 0.29) is 0 Å². The number of anilines is 1. The van der Waals surface area contributed by atoms with Gasteiger partial charge in [-0.3, -0.25) is 0 Å². The Morgan fingerprint density at radius 3 is 2.76 bits per heavy atom. The molecular weight excluding hydrogens is 282 g/mol. The Bertz CT molecular complexity index is 447. The van der Waals surface area contributed by atoms with Gasteiger partial charge < -0.3 is 15.0 Å². The molecule has 0 bridgehead atoms. The van der Waals surface area contributed by atoms with Crippen molar-refractivity contribution in [2.75, 3.05) is 38.8 Å². The first-order valence-electron chi connectivity index (χ1n) is 7.93. The zero-order valence-corrected chi connectivity index (χ0v) is 14.8. The fourth-order valence-corrected chi connectivity index (χ4v) is 3.71. The third-order valence-electron chi connectivity index (χ3n) is 4.14. The molecular formula is C16H29N3OS. The molecule has 5 heteroatoms. The first-order chi connectivity index (χ1) is 10.0. The van der Waals surface area contributed by atoms with Gasteiger partial charge in [-0.2, -0.15) is 0 Å². The average molecular weight is 311 g/mol. The molecule has 0 aliphatic heterocycles. The molecule has 1 aliphatic carbocycles. The van der Waals surface area contributed by atoms with Crippen molar-refractivity contribution in [3.05, 3.63) is 10.6 Å². The minimum absolute atomic E-state index is 0.475. The van der Waals surface area contributed by atoms with E-state index < -0.39 is 0 Å². The van der Waals surface area contributed by atoms with Crippen LogP contribution in [0.25, 0.3) is 0 Å². The van der Waals surface area contributed by atoms with E-state index in [1.54, 1.807) is 7.11 Å². The van der Waals surface area contributed by atoms with Crippen LogP contribution < -0.4 is 10.2 Å². The van der Waals surface area contributed by atoms with Gasteiger partial charge in [0.1, 0.15) is 0 Å². The number of thiazole rings is 1. The van der Waals surface area contributed by atoms with Crippen molar-refractivity contribution in [1.29, 1.82) is 0 Å². The van der Waals surface area contributed by atoms with E-state index in [1.807, 2.05) is 11.3 Å². The van der Waals surface area contributed by atoms with Gasteiger partial charge >= 0.3 is 0 Å². The lowest BCUT2D eigenvalue weighted by atomic mass is 10.1.